The molecule has 1 heterocycles. The molecule has 0 radical (unpaired) electrons. The molecule has 5 heteroatoms. The first-order valence-corrected chi connectivity index (χ1v) is 8.74. The van der Waals surface area contributed by atoms with Crippen molar-refractivity contribution in [1.29, 1.82) is 0 Å². The summed E-state index contributed by atoms with van der Waals surface area (Å²) in [5.41, 5.74) is 2.23. The molecule has 132 valence electrons. The van der Waals surface area contributed by atoms with Crippen LogP contribution < -0.4 is 15.4 Å². The van der Waals surface area contributed by atoms with E-state index in [0.29, 0.717) is 12.5 Å². The second-order valence-electron chi connectivity index (χ2n) is 6.07. The minimum atomic E-state index is -0.226. The van der Waals surface area contributed by atoms with E-state index in [1.165, 1.54) is 17.7 Å². The molecule has 1 unspecified atom stereocenters. The molecule has 0 amide bonds. The minimum absolute atomic E-state index is 0.226. The number of ether oxygens (including phenoxy) is 1. The molecule has 0 bridgehead atoms. The van der Waals surface area contributed by atoms with Crippen molar-refractivity contribution in [3.63, 3.8) is 0 Å². The van der Waals surface area contributed by atoms with Crippen LogP contribution in [0.1, 0.15) is 30.4 Å². The quantitative estimate of drug-likeness (QED) is 0.647. The Labute approximate surface area is 148 Å². The third-order valence-electron chi connectivity index (χ3n) is 4.28. The molecule has 0 spiro atoms. The van der Waals surface area contributed by atoms with Crippen LogP contribution in [-0.2, 0) is 6.54 Å². The number of para-hydroxylation sites is 1. The van der Waals surface area contributed by atoms with Gasteiger partial charge in [-0.2, -0.15) is 0 Å². The van der Waals surface area contributed by atoms with Crippen molar-refractivity contribution in [2.75, 3.05) is 19.7 Å². The fourth-order valence-corrected chi connectivity index (χ4v) is 2.95. The highest BCUT2D eigenvalue weighted by Gasteiger charge is 2.20. The highest BCUT2D eigenvalue weighted by molar-refractivity contribution is 5.79. The number of fused-ring (bicyclic) bond motifs is 1. The van der Waals surface area contributed by atoms with Crippen LogP contribution in [0.3, 0.4) is 0 Å². The van der Waals surface area contributed by atoms with Gasteiger partial charge in [-0.3, -0.25) is 0 Å². The Balaban J connectivity index is 1.62. The number of rotatable bonds is 5. The van der Waals surface area contributed by atoms with Gasteiger partial charge < -0.3 is 15.4 Å². The van der Waals surface area contributed by atoms with Crippen molar-refractivity contribution in [2.24, 2.45) is 4.99 Å². The lowest BCUT2D eigenvalue weighted by Crippen LogP contribution is -2.40. The number of hydrogen-bond donors (Lipinski definition) is 2. The summed E-state index contributed by atoms with van der Waals surface area (Å²) >= 11 is 0. The standard InChI is InChI=1S/C20H24FN3O/c1-2-22-20(23-13-15-7-9-17(21)10-8-15)24-14-16-11-12-25-19-6-4-3-5-18(16)19/h3-10,16H,2,11-14H2,1H3,(H2,22,23,24). The number of nitrogens with one attached hydrogen (secondary N) is 2. The van der Waals surface area contributed by atoms with E-state index < -0.39 is 0 Å². The first kappa shape index (κ1) is 17.3. The van der Waals surface area contributed by atoms with E-state index in [9.17, 15) is 4.39 Å². The van der Waals surface area contributed by atoms with Crippen LogP contribution in [-0.4, -0.2) is 25.7 Å². The number of benzene rings is 2. The molecule has 3 rings (SSSR count). The first-order chi connectivity index (χ1) is 12.3. The number of nitrogens with zero attached hydrogens (tertiary/aromatic N) is 1. The van der Waals surface area contributed by atoms with Crippen LogP contribution in [0.4, 0.5) is 4.39 Å². The topological polar surface area (TPSA) is 45.7 Å². The lowest BCUT2D eigenvalue weighted by Gasteiger charge is -2.26. The third kappa shape index (κ3) is 4.72. The zero-order valence-corrected chi connectivity index (χ0v) is 14.5. The van der Waals surface area contributed by atoms with Crippen LogP contribution in [0.5, 0.6) is 5.75 Å². The predicted molar refractivity (Wildman–Crippen MR) is 98.5 cm³/mol. The summed E-state index contributed by atoms with van der Waals surface area (Å²) in [5, 5.41) is 6.68. The predicted octanol–water partition coefficient (Wildman–Crippen LogP) is 3.45. The van der Waals surface area contributed by atoms with Crippen molar-refractivity contribution in [3.05, 3.63) is 65.5 Å². The summed E-state index contributed by atoms with van der Waals surface area (Å²) in [4.78, 5) is 4.59. The molecule has 1 atom stereocenters. The van der Waals surface area contributed by atoms with E-state index in [4.69, 9.17) is 4.74 Å². The molecule has 0 saturated carbocycles. The molecule has 4 nitrogen and oxygen atoms in total. The second kappa shape index (κ2) is 8.51. The molecule has 2 aromatic rings. The van der Waals surface area contributed by atoms with E-state index in [0.717, 1.165) is 43.4 Å². The lowest BCUT2D eigenvalue weighted by molar-refractivity contribution is 0.267. The molecular formula is C20H24FN3O. The van der Waals surface area contributed by atoms with E-state index in [-0.39, 0.29) is 5.82 Å². The Morgan fingerprint density at radius 2 is 1.96 bits per heavy atom. The molecular weight excluding hydrogens is 317 g/mol. The van der Waals surface area contributed by atoms with E-state index >= 15 is 0 Å². The molecule has 2 aromatic carbocycles. The SMILES string of the molecule is CCNC(=NCc1ccc(F)cc1)NCC1CCOc2ccccc21. The highest BCUT2D eigenvalue weighted by Crippen LogP contribution is 2.32. The van der Waals surface area contributed by atoms with Crippen molar-refractivity contribution < 1.29 is 9.13 Å². The van der Waals surface area contributed by atoms with Gasteiger partial charge in [-0.1, -0.05) is 30.3 Å². The van der Waals surface area contributed by atoms with Crippen molar-refractivity contribution in [2.45, 2.75) is 25.8 Å². The number of aliphatic imine (C=N–C) groups is 1. The van der Waals surface area contributed by atoms with Gasteiger partial charge >= 0.3 is 0 Å². The van der Waals surface area contributed by atoms with Gasteiger partial charge in [-0.25, -0.2) is 9.38 Å². The van der Waals surface area contributed by atoms with Crippen LogP contribution in [0.25, 0.3) is 0 Å². The molecule has 1 aliphatic rings. The molecule has 2 N–H and O–H groups in total. The van der Waals surface area contributed by atoms with Crippen molar-refractivity contribution in [3.8, 4) is 5.75 Å². The highest BCUT2D eigenvalue weighted by atomic mass is 19.1. The number of hydrogen-bond acceptors (Lipinski definition) is 2. The van der Waals surface area contributed by atoms with Gasteiger partial charge in [0.25, 0.3) is 0 Å². The molecule has 0 aromatic heterocycles. The summed E-state index contributed by atoms with van der Waals surface area (Å²) < 4.78 is 18.7. The summed E-state index contributed by atoms with van der Waals surface area (Å²) in [6.07, 6.45) is 0.987. The van der Waals surface area contributed by atoms with Crippen LogP contribution >= 0.6 is 0 Å². The fraction of sp³-hybridized carbons (Fsp3) is 0.350. The maximum absolute atomic E-state index is 13.0. The third-order valence-corrected chi connectivity index (χ3v) is 4.28. The van der Waals surface area contributed by atoms with Crippen LogP contribution in [0, 0.1) is 5.82 Å². The number of guanidine groups is 1. The van der Waals surface area contributed by atoms with Crippen LogP contribution in [0.2, 0.25) is 0 Å². The van der Waals surface area contributed by atoms with Crippen LogP contribution in [0.15, 0.2) is 53.5 Å². The Morgan fingerprint density at radius 1 is 1.16 bits per heavy atom. The maximum atomic E-state index is 13.0. The lowest BCUT2D eigenvalue weighted by atomic mass is 9.93. The molecule has 0 saturated heterocycles. The average Bonchev–Trinajstić information content (AvgIpc) is 2.65. The first-order valence-electron chi connectivity index (χ1n) is 8.74. The average molecular weight is 341 g/mol. The summed E-state index contributed by atoms with van der Waals surface area (Å²) in [7, 11) is 0. The van der Waals surface area contributed by atoms with E-state index in [2.05, 4.69) is 21.7 Å². The van der Waals surface area contributed by atoms with Gasteiger partial charge in [-0.15, -0.1) is 0 Å². The fourth-order valence-electron chi connectivity index (χ4n) is 2.95. The van der Waals surface area contributed by atoms with Crippen molar-refractivity contribution >= 4 is 5.96 Å². The van der Waals surface area contributed by atoms with E-state index in [1.54, 1.807) is 12.1 Å². The smallest absolute Gasteiger partial charge is 0.191 e. The Bertz CT molecular complexity index is 715. The van der Waals surface area contributed by atoms with Gasteiger partial charge in [0.05, 0.1) is 13.2 Å². The van der Waals surface area contributed by atoms with Gasteiger partial charge in [0.1, 0.15) is 11.6 Å². The Hall–Kier alpha value is -2.56. The van der Waals surface area contributed by atoms with Gasteiger partial charge in [-0.05, 0) is 42.7 Å². The molecule has 25 heavy (non-hydrogen) atoms. The maximum Gasteiger partial charge on any atom is 0.191 e. The van der Waals surface area contributed by atoms with E-state index in [1.807, 2.05) is 25.1 Å². The summed E-state index contributed by atoms with van der Waals surface area (Å²) in [6, 6.07) is 14.7. The summed E-state index contributed by atoms with van der Waals surface area (Å²) in [5.74, 6) is 1.93. The minimum Gasteiger partial charge on any atom is -0.493 e. The Morgan fingerprint density at radius 3 is 2.76 bits per heavy atom. The summed E-state index contributed by atoms with van der Waals surface area (Å²) in [6.45, 7) is 4.89. The zero-order chi connectivity index (χ0) is 17.5. The normalized spacial score (nSPS) is 16.7. The Kier molecular flexibility index (Phi) is 5.88. The largest absolute Gasteiger partial charge is 0.493 e. The monoisotopic (exact) mass is 341 g/mol. The molecule has 1 aliphatic heterocycles. The second-order valence-corrected chi connectivity index (χ2v) is 6.07. The zero-order valence-electron chi connectivity index (χ0n) is 14.5. The van der Waals surface area contributed by atoms with Crippen molar-refractivity contribution in [1.82, 2.24) is 10.6 Å². The van der Waals surface area contributed by atoms with Gasteiger partial charge in [0, 0.05) is 19.0 Å². The van der Waals surface area contributed by atoms with Gasteiger partial charge in [0.2, 0.25) is 0 Å². The van der Waals surface area contributed by atoms with Gasteiger partial charge in [0.15, 0.2) is 5.96 Å². The molecule has 0 fully saturated rings. The molecule has 0 aliphatic carbocycles. The number of halogens is 1.